The highest BCUT2D eigenvalue weighted by Crippen LogP contribution is 2.19. The number of benzene rings is 1. The van der Waals surface area contributed by atoms with E-state index in [1.165, 1.54) is 0 Å². The van der Waals surface area contributed by atoms with Crippen LogP contribution in [0.4, 0.5) is 11.6 Å². The number of imidazole rings is 1. The Balaban J connectivity index is 0.00000324. The molecule has 3 rings (SSSR count). The van der Waals surface area contributed by atoms with Gasteiger partial charge in [0, 0.05) is 24.7 Å². The Morgan fingerprint density at radius 2 is 1.81 bits per heavy atom. The van der Waals surface area contributed by atoms with E-state index in [0.29, 0.717) is 25.2 Å². The number of nitrogens with zero attached hydrogens (tertiary/aromatic N) is 5. The lowest BCUT2D eigenvalue weighted by Gasteiger charge is -2.10. The number of anilines is 2. The van der Waals surface area contributed by atoms with E-state index in [4.69, 9.17) is 23.1 Å². The van der Waals surface area contributed by atoms with Crippen molar-refractivity contribution in [2.75, 3.05) is 38.7 Å². The van der Waals surface area contributed by atoms with Gasteiger partial charge < -0.3 is 39.4 Å². The maximum absolute atomic E-state index is 12.7. The topological polar surface area (TPSA) is 148 Å². The van der Waals surface area contributed by atoms with Crippen LogP contribution >= 0.6 is 24.0 Å². The molecule has 36 heavy (non-hydrogen) atoms. The van der Waals surface area contributed by atoms with Crippen molar-refractivity contribution in [1.82, 2.24) is 30.1 Å². The first kappa shape index (κ1) is 31.2. The Hall–Kier alpha value is -2.86. The summed E-state index contributed by atoms with van der Waals surface area (Å²) < 4.78 is 4.17. The van der Waals surface area contributed by atoms with Gasteiger partial charge in [-0.3, -0.25) is 9.59 Å². The summed E-state index contributed by atoms with van der Waals surface area (Å²) in [6.07, 6.45) is 0. The molecule has 2 heterocycles. The molecule has 0 bridgehead atoms. The summed E-state index contributed by atoms with van der Waals surface area (Å²) in [6.45, 7) is 6.89. The molecule has 0 aliphatic rings. The summed E-state index contributed by atoms with van der Waals surface area (Å²) in [5.41, 5.74) is 13.8. The first-order valence-corrected chi connectivity index (χ1v) is 11.4. The van der Waals surface area contributed by atoms with E-state index in [-0.39, 0.29) is 59.7 Å². The largest absolute Gasteiger partial charge is 1.00 e. The SMILES string of the molecule is CCn1c(CNC(=O)c2nc(Cl)c(N)nc2N)[n+](CC)c2ccc(C(=O)NCCN(C)C)cc21.Cl.[Cl-]. The summed E-state index contributed by atoms with van der Waals surface area (Å²) >= 11 is 5.91. The maximum Gasteiger partial charge on any atom is 0.277 e. The standard InChI is InChI=1S/C22H30ClN9O2.2ClH/c1-5-31-14-8-7-13(21(33)26-9-10-30(3)4)11-15(14)32(6-2)16(31)12-27-22(34)17-19(24)29-20(25)18(23)28-17;;/h7-8,11H,5-6,9-10,12H2,1-4H3,(H5-,24,25,26,27,29,33,34);2*1H. The van der Waals surface area contributed by atoms with Crippen LogP contribution in [-0.2, 0) is 19.6 Å². The van der Waals surface area contributed by atoms with Gasteiger partial charge in [-0.15, -0.1) is 12.4 Å². The van der Waals surface area contributed by atoms with E-state index in [9.17, 15) is 9.59 Å². The molecule has 0 saturated heterocycles. The molecule has 2 aromatic heterocycles. The summed E-state index contributed by atoms with van der Waals surface area (Å²) in [7, 11) is 3.91. The monoisotopic (exact) mass is 559 g/mol. The highest BCUT2D eigenvalue weighted by molar-refractivity contribution is 6.31. The van der Waals surface area contributed by atoms with Crippen LogP contribution in [0.15, 0.2) is 18.2 Å². The number of nitrogen functional groups attached to an aromatic ring is 2. The molecule has 0 atom stereocenters. The summed E-state index contributed by atoms with van der Waals surface area (Å²) in [6, 6.07) is 5.62. The number of fused-ring (bicyclic) bond motifs is 1. The number of aryl methyl sites for hydroxylation is 2. The lowest BCUT2D eigenvalue weighted by atomic mass is 10.2. The number of amides is 2. The Labute approximate surface area is 227 Å². The second-order valence-electron chi connectivity index (χ2n) is 7.98. The van der Waals surface area contributed by atoms with Crippen LogP contribution in [0.2, 0.25) is 5.15 Å². The number of aromatic nitrogens is 4. The first-order chi connectivity index (χ1) is 16.2. The summed E-state index contributed by atoms with van der Waals surface area (Å²) in [5.74, 6) is 0.103. The zero-order valence-electron chi connectivity index (χ0n) is 20.6. The highest BCUT2D eigenvalue weighted by Gasteiger charge is 2.26. The van der Waals surface area contributed by atoms with Gasteiger partial charge in [0.05, 0.1) is 13.1 Å². The molecular weight excluding hydrogens is 529 g/mol. The third-order valence-electron chi connectivity index (χ3n) is 5.45. The number of carbonyl (C=O) groups is 2. The van der Waals surface area contributed by atoms with Crippen LogP contribution in [0.5, 0.6) is 0 Å². The van der Waals surface area contributed by atoms with Gasteiger partial charge in [0.1, 0.15) is 6.54 Å². The Bertz CT molecular complexity index is 1230. The maximum atomic E-state index is 12.7. The molecule has 3 aromatic rings. The Morgan fingerprint density at radius 1 is 1.11 bits per heavy atom. The van der Waals surface area contributed by atoms with Gasteiger partial charge in [0.25, 0.3) is 17.6 Å². The molecule has 0 radical (unpaired) electrons. The third kappa shape index (κ3) is 6.67. The predicted octanol–water partition coefficient (Wildman–Crippen LogP) is -1.78. The fourth-order valence-electron chi connectivity index (χ4n) is 3.78. The summed E-state index contributed by atoms with van der Waals surface area (Å²) in [4.78, 5) is 35.2. The van der Waals surface area contributed by atoms with Gasteiger partial charge in [-0.1, -0.05) is 11.6 Å². The lowest BCUT2D eigenvalue weighted by Crippen LogP contribution is -3.00. The molecule has 0 spiro atoms. The molecule has 0 saturated carbocycles. The van der Waals surface area contributed by atoms with E-state index in [1.807, 2.05) is 51.0 Å². The second-order valence-corrected chi connectivity index (χ2v) is 8.34. The molecule has 11 nitrogen and oxygen atoms in total. The van der Waals surface area contributed by atoms with Gasteiger partial charge in [-0.05, 0) is 40.1 Å². The molecule has 14 heteroatoms. The molecule has 2 amide bonds. The van der Waals surface area contributed by atoms with Gasteiger partial charge >= 0.3 is 0 Å². The number of hydrogen-bond acceptors (Lipinski definition) is 7. The molecule has 0 aliphatic heterocycles. The number of nitrogens with one attached hydrogen (secondary N) is 2. The number of hydrogen-bond donors (Lipinski definition) is 4. The Morgan fingerprint density at radius 3 is 2.42 bits per heavy atom. The van der Waals surface area contributed by atoms with E-state index < -0.39 is 5.91 Å². The van der Waals surface area contributed by atoms with Crippen molar-refractivity contribution >= 4 is 58.5 Å². The fraction of sp³-hybridized carbons (Fsp3) is 0.409. The van der Waals surface area contributed by atoms with Crippen molar-refractivity contribution in [3.8, 4) is 0 Å². The smallest absolute Gasteiger partial charge is 0.277 e. The second kappa shape index (κ2) is 13.4. The molecule has 6 N–H and O–H groups in total. The van der Waals surface area contributed by atoms with Crippen LogP contribution in [0.3, 0.4) is 0 Å². The molecule has 0 unspecified atom stereocenters. The van der Waals surface area contributed by atoms with E-state index >= 15 is 0 Å². The fourth-order valence-corrected chi connectivity index (χ4v) is 3.90. The highest BCUT2D eigenvalue weighted by atomic mass is 35.5. The van der Waals surface area contributed by atoms with Crippen LogP contribution in [0.25, 0.3) is 11.0 Å². The number of likely N-dealkylation sites (N-methyl/N-ethyl adjacent to an activating group) is 1. The molecule has 1 aromatic carbocycles. The van der Waals surface area contributed by atoms with Crippen molar-refractivity contribution in [3.63, 3.8) is 0 Å². The van der Waals surface area contributed by atoms with Gasteiger partial charge in [0.2, 0.25) is 0 Å². The zero-order valence-corrected chi connectivity index (χ0v) is 23.0. The van der Waals surface area contributed by atoms with Crippen molar-refractivity contribution in [1.29, 1.82) is 0 Å². The molecule has 0 fully saturated rings. The number of carbonyl (C=O) groups excluding carboxylic acids is 2. The minimum atomic E-state index is -0.511. The van der Waals surface area contributed by atoms with E-state index in [0.717, 1.165) is 23.4 Å². The minimum Gasteiger partial charge on any atom is -1.00 e. The van der Waals surface area contributed by atoms with Crippen molar-refractivity contribution in [2.24, 2.45) is 0 Å². The van der Waals surface area contributed by atoms with E-state index in [2.05, 4.69) is 29.7 Å². The lowest BCUT2D eigenvalue weighted by molar-refractivity contribution is -0.676. The quantitative estimate of drug-likeness (QED) is 0.226. The molecular formula is C22H32Cl3N9O2. The summed E-state index contributed by atoms with van der Waals surface area (Å²) in [5, 5.41) is 5.70. The number of nitrogens with two attached hydrogens (primary N) is 2. The average Bonchev–Trinajstić information content (AvgIpc) is 3.11. The van der Waals surface area contributed by atoms with Crippen molar-refractivity contribution < 1.29 is 26.6 Å². The van der Waals surface area contributed by atoms with Gasteiger partial charge in [-0.2, -0.15) is 0 Å². The van der Waals surface area contributed by atoms with Crippen LogP contribution in [-0.4, -0.2) is 58.4 Å². The normalized spacial score (nSPS) is 10.6. The average molecular weight is 561 g/mol. The molecule has 198 valence electrons. The van der Waals surface area contributed by atoms with Gasteiger partial charge in [-0.25, -0.2) is 19.1 Å². The minimum absolute atomic E-state index is 0. The number of halogens is 3. The van der Waals surface area contributed by atoms with Crippen molar-refractivity contribution in [2.45, 2.75) is 33.5 Å². The van der Waals surface area contributed by atoms with Gasteiger partial charge in [0.15, 0.2) is 33.5 Å². The molecule has 0 aliphatic carbocycles. The van der Waals surface area contributed by atoms with Crippen LogP contribution in [0, 0.1) is 0 Å². The van der Waals surface area contributed by atoms with Crippen LogP contribution in [0.1, 0.15) is 40.5 Å². The zero-order chi connectivity index (χ0) is 25.0. The first-order valence-electron chi connectivity index (χ1n) is 11.0. The Kier molecular flexibility index (Phi) is 11.6. The van der Waals surface area contributed by atoms with Crippen LogP contribution < -0.4 is 39.1 Å². The van der Waals surface area contributed by atoms with Crippen molar-refractivity contribution in [3.05, 3.63) is 40.4 Å². The third-order valence-corrected chi connectivity index (χ3v) is 5.72. The predicted molar refractivity (Wildman–Crippen MR) is 139 cm³/mol. The van der Waals surface area contributed by atoms with E-state index in [1.54, 1.807) is 0 Å². The number of rotatable bonds is 9.